The average Bonchev–Trinajstić information content (AvgIpc) is 2.16. The quantitative estimate of drug-likeness (QED) is 0.644. The maximum atomic E-state index is 2.32. The van der Waals surface area contributed by atoms with Gasteiger partial charge in [0.1, 0.15) is 0 Å². The molecule has 0 N–H and O–H groups in total. The summed E-state index contributed by atoms with van der Waals surface area (Å²) >= 11 is 0. The fourth-order valence-corrected chi connectivity index (χ4v) is 1.26. The second-order valence-corrected chi connectivity index (χ2v) is 3.54. The normalized spacial score (nSPS) is 11.8. The van der Waals surface area contributed by atoms with E-state index in [-0.39, 0.29) is 7.43 Å². The first-order valence-corrected chi connectivity index (χ1v) is 4.87. The van der Waals surface area contributed by atoms with Crippen LogP contribution in [0.3, 0.4) is 0 Å². The van der Waals surface area contributed by atoms with Crippen molar-refractivity contribution < 1.29 is 0 Å². The van der Waals surface area contributed by atoms with Crippen LogP contribution in [0.2, 0.25) is 0 Å². The van der Waals surface area contributed by atoms with Crippen LogP contribution in [0.5, 0.6) is 0 Å². The molecule has 1 aromatic rings. The van der Waals surface area contributed by atoms with E-state index in [0.717, 1.165) is 5.92 Å². The zero-order valence-corrected chi connectivity index (χ0v) is 8.09. The van der Waals surface area contributed by atoms with Gasteiger partial charge in [-0.2, -0.15) is 0 Å². The lowest BCUT2D eigenvalue weighted by Crippen LogP contribution is -1.94. The fourth-order valence-electron chi connectivity index (χ4n) is 1.26. The average molecular weight is 178 g/mol. The van der Waals surface area contributed by atoms with Gasteiger partial charge < -0.3 is 0 Å². The molecule has 1 rings (SSSR count). The van der Waals surface area contributed by atoms with Gasteiger partial charge in [0.05, 0.1) is 0 Å². The number of hydrogen-bond donors (Lipinski definition) is 0. The Labute approximate surface area is 83.0 Å². The first-order chi connectivity index (χ1) is 5.83. The zero-order valence-electron chi connectivity index (χ0n) is 8.09. The predicted molar refractivity (Wildman–Crippen MR) is 60.9 cm³/mol. The van der Waals surface area contributed by atoms with Crippen LogP contribution < -0.4 is 0 Å². The standard InChI is InChI=1S/C12H18.CH4/c1-3-11(2)9-10-12-7-5-4-6-8-12;/h4-8,11H,3,9-10H2,1-2H3;1H4. The van der Waals surface area contributed by atoms with E-state index in [4.69, 9.17) is 0 Å². The molecular weight excluding hydrogens is 156 g/mol. The van der Waals surface area contributed by atoms with Crippen molar-refractivity contribution in [2.45, 2.75) is 40.5 Å². The van der Waals surface area contributed by atoms with E-state index in [2.05, 4.69) is 44.2 Å². The van der Waals surface area contributed by atoms with Gasteiger partial charge in [0, 0.05) is 0 Å². The maximum absolute atomic E-state index is 2.32. The van der Waals surface area contributed by atoms with Gasteiger partial charge in [-0.15, -0.1) is 0 Å². The van der Waals surface area contributed by atoms with Crippen molar-refractivity contribution in [3.05, 3.63) is 35.9 Å². The van der Waals surface area contributed by atoms with Crippen LogP contribution in [0, 0.1) is 5.92 Å². The van der Waals surface area contributed by atoms with Crippen molar-refractivity contribution in [1.29, 1.82) is 0 Å². The first kappa shape index (κ1) is 12.2. The summed E-state index contributed by atoms with van der Waals surface area (Å²) in [5.41, 5.74) is 1.47. The third kappa shape index (κ3) is 4.72. The molecule has 0 amide bonds. The van der Waals surface area contributed by atoms with Gasteiger partial charge >= 0.3 is 0 Å². The van der Waals surface area contributed by atoms with Crippen molar-refractivity contribution in [1.82, 2.24) is 0 Å². The molecule has 0 nitrogen and oxygen atoms in total. The third-order valence-corrected chi connectivity index (χ3v) is 2.47. The lowest BCUT2D eigenvalue weighted by Gasteiger charge is -2.07. The van der Waals surface area contributed by atoms with Gasteiger partial charge in [-0.25, -0.2) is 0 Å². The maximum Gasteiger partial charge on any atom is -0.0276 e. The Bertz CT molecular complexity index is 201. The molecule has 0 heterocycles. The minimum absolute atomic E-state index is 0. The first-order valence-electron chi connectivity index (χ1n) is 4.87. The van der Waals surface area contributed by atoms with Crippen LogP contribution >= 0.6 is 0 Å². The Balaban J connectivity index is 0.00000144. The summed E-state index contributed by atoms with van der Waals surface area (Å²) in [4.78, 5) is 0. The molecule has 0 aliphatic heterocycles. The van der Waals surface area contributed by atoms with Crippen LogP contribution in [0.4, 0.5) is 0 Å². The molecule has 1 unspecified atom stereocenters. The molecule has 0 aliphatic rings. The molecular formula is C13H22. The van der Waals surface area contributed by atoms with E-state index >= 15 is 0 Å². The molecule has 1 aromatic carbocycles. The zero-order chi connectivity index (χ0) is 8.81. The topological polar surface area (TPSA) is 0 Å². The van der Waals surface area contributed by atoms with Crippen molar-refractivity contribution >= 4 is 0 Å². The van der Waals surface area contributed by atoms with E-state index in [1.165, 1.54) is 24.8 Å². The molecule has 0 saturated carbocycles. The van der Waals surface area contributed by atoms with Gasteiger partial charge in [0.15, 0.2) is 0 Å². The van der Waals surface area contributed by atoms with E-state index < -0.39 is 0 Å². The summed E-state index contributed by atoms with van der Waals surface area (Å²) in [6.45, 7) is 4.58. The van der Waals surface area contributed by atoms with Crippen molar-refractivity contribution in [3.63, 3.8) is 0 Å². The molecule has 0 fully saturated rings. The summed E-state index contributed by atoms with van der Waals surface area (Å²) in [6, 6.07) is 10.7. The fraction of sp³-hybridized carbons (Fsp3) is 0.538. The Hall–Kier alpha value is -0.780. The van der Waals surface area contributed by atoms with Crippen LogP contribution in [0.1, 0.15) is 39.7 Å². The number of benzene rings is 1. The predicted octanol–water partition coefficient (Wildman–Crippen LogP) is 4.30. The smallest absolute Gasteiger partial charge is 0.0276 e. The molecule has 1 atom stereocenters. The second-order valence-electron chi connectivity index (χ2n) is 3.54. The van der Waals surface area contributed by atoms with Gasteiger partial charge in [-0.3, -0.25) is 0 Å². The minimum Gasteiger partial charge on any atom is -0.0776 e. The molecule has 0 bridgehead atoms. The summed E-state index contributed by atoms with van der Waals surface area (Å²) in [5, 5.41) is 0. The summed E-state index contributed by atoms with van der Waals surface area (Å²) in [5.74, 6) is 0.866. The van der Waals surface area contributed by atoms with Crippen LogP contribution in [-0.4, -0.2) is 0 Å². The molecule has 13 heavy (non-hydrogen) atoms. The van der Waals surface area contributed by atoms with Crippen LogP contribution in [0.25, 0.3) is 0 Å². The highest BCUT2D eigenvalue weighted by molar-refractivity contribution is 5.14. The number of rotatable bonds is 4. The molecule has 74 valence electrons. The summed E-state index contributed by atoms with van der Waals surface area (Å²) in [7, 11) is 0. The SMILES string of the molecule is C.CCC(C)CCc1ccccc1. The number of hydrogen-bond acceptors (Lipinski definition) is 0. The molecule has 0 spiro atoms. The third-order valence-electron chi connectivity index (χ3n) is 2.47. The Kier molecular flexibility index (Phi) is 6.30. The van der Waals surface area contributed by atoms with Gasteiger partial charge in [0.2, 0.25) is 0 Å². The second kappa shape index (κ2) is 6.71. The monoisotopic (exact) mass is 178 g/mol. The van der Waals surface area contributed by atoms with Gasteiger partial charge in [0.25, 0.3) is 0 Å². The highest BCUT2D eigenvalue weighted by Crippen LogP contribution is 2.11. The van der Waals surface area contributed by atoms with Crippen molar-refractivity contribution in [2.75, 3.05) is 0 Å². The molecule has 0 aromatic heterocycles. The highest BCUT2D eigenvalue weighted by Gasteiger charge is 1.98. The Morgan fingerprint density at radius 2 is 1.77 bits per heavy atom. The molecule has 0 radical (unpaired) electrons. The minimum atomic E-state index is 0. The number of aryl methyl sites for hydroxylation is 1. The van der Waals surface area contributed by atoms with E-state index in [0.29, 0.717) is 0 Å². The lowest BCUT2D eigenvalue weighted by molar-refractivity contribution is 0.516. The van der Waals surface area contributed by atoms with E-state index in [1.54, 1.807) is 0 Å². The lowest BCUT2D eigenvalue weighted by atomic mass is 9.99. The van der Waals surface area contributed by atoms with Crippen molar-refractivity contribution in [3.8, 4) is 0 Å². The molecule has 0 saturated heterocycles. The van der Waals surface area contributed by atoms with E-state index in [9.17, 15) is 0 Å². The Morgan fingerprint density at radius 3 is 2.31 bits per heavy atom. The molecule has 0 heteroatoms. The van der Waals surface area contributed by atoms with Crippen LogP contribution in [-0.2, 0) is 6.42 Å². The van der Waals surface area contributed by atoms with Crippen molar-refractivity contribution in [2.24, 2.45) is 5.92 Å². The molecule has 0 aliphatic carbocycles. The van der Waals surface area contributed by atoms with E-state index in [1.807, 2.05) is 0 Å². The van der Waals surface area contributed by atoms with Crippen LogP contribution in [0.15, 0.2) is 30.3 Å². The Morgan fingerprint density at radius 1 is 1.15 bits per heavy atom. The largest absolute Gasteiger partial charge is 0.0776 e. The van der Waals surface area contributed by atoms with Gasteiger partial charge in [-0.05, 0) is 24.3 Å². The summed E-state index contributed by atoms with van der Waals surface area (Å²) < 4.78 is 0. The highest BCUT2D eigenvalue weighted by atomic mass is 14.0. The summed E-state index contributed by atoms with van der Waals surface area (Å²) in [6.07, 6.45) is 3.85. The van der Waals surface area contributed by atoms with Gasteiger partial charge in [-0.1, -0.05) is 58.0 Å².